The first-order valence-corrected chi connectivity index (χ1v) is 9.56. The molecule has 0 bridgehead atoms. The molecule has 0 atom stereocenters. The van der Waals surface area contributed by atoms with Gasteiger partial charge in [-0.3, -0.25) is 4.79 Å². The van der Waals surface area contributed by atoms with Crippen LogP contribution in [0.1, 0.15) is 28.4 Å². The second-order valence-corrected chi connectivity index (χ2v) is 6.79. The van der Waals surface area contributed by atoms with Crippen molar-refractivity contribution < 1.29 is 4.79 Å². The van der Waals surface area contributed by atoms with E-state index in [4.69, 9.17) is 4.98 Å². The minimum Gasteiger partial charge on any atom is -0.348 e. The first-order valence-electron chi connectivity index (χ1n) is 9.56. The Morgan fingerprint density at radius 3 is 2.32 bits per heavy atom. The van der Waals surface area contributed by atoms with Crippen molar-refractivity contribution in [3.05, 3.63) is 102 Å². The number of aromatic nitrogens is 1. The lowest BCUT2D eigenvalue weighted by atomic mass is 10.0. The van der Waals surface area contributed by atoms with E-state index in [-0.39, 0.29) is 5.91 Å². The third-order valence-electron chi connectivity index (χ3n) is 4.91. The van der Waals surface area contributed by atoms with Gasteiger partial charge in [-0.1, -0.05) is 79.7 Å². The number of benzene rings is 3. The maximum atomic E-state index is 13.0. The van der Waals surface area contributed by atoms with Crippen LogP contribution < -0.4 is 5.32 Å². The molecule has 1 heterocycles. The highest BCUT2D eigenvalue weighted by molar-refractivity contribution is 6.07. The maximum Gasteiger partial charge on any atom is 0.252 e. The lowest BCUT2D eigenvalue weighted by molar-refractivity contribution is 0.0952. The van der Waals surface area contributed by atoms with Crippen LogP contribution in [-0.2, 0) is 13.0 Å². The molecule has 28 heavy (non-hydrogen) atoms. The summed E-state index contributed by atoms with van der Waals surface area (Å²) in [4.78, 5) is 17.8. The fourth-order valence-electron chi connectivity index (χ4n) is 3.30. The molecule has 0 aliphatic heterocycles. The van der Waals surface area contributed by atoms with Crippen molar-refractivity contribution in [3.63, 3.8) is 0 Å². The van der Waals surface area contributed by atoms with Gasteiger partial charge in [-0.15, -0.1) is 0 Å². The van der Waals surface area contributed by atoms with Crippen molar-refractivity contribution >= 4 is 16.8 Å². The molecule has 138 valence electrons. The number of carbonyl (C=O) groups excluding carboxylic acids is 1. The summed E-state index contributed by atoms with van der Waals surface area (Å²) < 4.78 is 0. The summed E-state index contributed by atoms with van der Waals surface area (Å²) in [6.45, 7) is 2.63. The Bertz CT molecular complexity index is 1100. The van der Waals surface area contributed by atoms with Crippen LogP contribution >= 0.6 is 0 Å². The lowest BCUT2D eigenvalue weighted by Crippen LogP contribution is -2.23. The molecule has 4 aromatic rings. The number of aryl methyl sites for hydroxylation is 1. The maximum absolute atomic E-state index is 13.0. The highest BCUT2D eigenvalue weighted by atomic mass is 16.1. The van der Waals surface area contributed by atoms with Crippen LogP contribution in [0.15, 0.2) is 84.9 Å². The Hall–Kier alpha value is -3.46. The summed E-state index contributed by atoms with van der Waals surface area (Å²) in [7, 11) is 0. The van der Waals surface area contributed by atoms with E-state index in [2.05, 4.69) is 36.5 Å². The zero-order chi connectivity index (χ0) is 19.3. The van der Waals surface area contributed by atoms with Gasteiger partial charge in [-0.25, -0.2) is 4.98 Å². The minimum atomic E-state index is -0.0890. The Labute approximate surface area is 165 Å². The molecule has 1 amide bonds. The van der Waals surface area contributed by atoms with Crippen LogP contribution in [0.4, 0.5) is 0 Å². The van der Waals surface area contributed by atoms with Crippen LogP contribution in [0, 0.1) is 0 Å². The van der Waals surface area contributed by atoms with Crippen LogP contribution in [-0.4, -0.2) is 10.9 Å². The molecule has 3 nitrogen and oxygen atoms in total. The quantitative estimate of drug-likeness (QED) is 0.514. The highest BCUT2D eigenvalue weighted by Gasteiger charge is 2.13. The van der Waals surface area contributed by atoms with E-state index in [1.165, 1.54) is 5.56 Å². The van der Waals surface area contributed by atoms with E-state index in [0.29, 0.717) is 12.1 Å². The number of hydrogen-bond acceptors (Lipinski definition) is 2. The van der Waals surface area contributed by atoms with Gasteiger partial charge in [0.1, 0.15) is 0 Å². The van der Waals surface area contributed by atoms with Crippen molar-refractivity contribution in [2.75, 3.05) is 0 Å². The van der Waals surface area contributed by atoms with Gasteiger partial charge in [0, 0.05) is 17.5 Å². The first-order chi connectivity index (χ1) is 13.7. The normalized spacial score (nSPS) is 10.8. The molecule has 1 N–H and O–H groups in total. The van der Waals surface area contributed by atoms with Crippen molar-refractivity contribution in [1.29, 1.82) is 0 Å². The number of carbonyl (C=O) groups is 1. The third kappa shape index (κ3) is 3.79. The third-order valence-corrected chi connectivity index (χ3v) is 4.91. The van der Waals surface area contributed by atoms with Gasteiger partial charge in [-0.2, -0.15) is 0 Å². The average Bonchev–Trinajstić information content (AvgIpc) is 2.77. The molecule has 0 saturated carbocycles. The van der Waals surface area contributed by atoms with Gasteiger partial charge in [0.15, 0.2) is 0 Å². The fourth-order valence-corrected chi connectivity index (χ4v) is 3.30. The number of rotatable bonds is 5. The zero-order valence-corrected chi connectivity index (χ0v) is 15.9. The predicted octanol–water partition coefficient (Wildman–Crippen LogP) is 5.39. The molecule has 3 heteroatoms. The molecular formula is C25H22N2O. The Kier molecular flexibility index (Phi) is 5.16. The fraction of sp³-hybridized carbons (Fsp3) is 0.120. The largest absolute Gasteiger partial charge is 0.348 e. The van der Waals surface area contributed by atoms with Crippen molar-refractivity contribution in [1.82, 2.24) is 10.3 Å². The van der Waals surface area contributed by atoms with Gasteiger partial charge >= 0.3 is 0 Å². The molecule has 0 spiro atoms. The van der Waals surface area contributed by atoms with Crippen LogP contribution in [0.25, 0.3) is 22.2 Å². The monoisotopic (exact) mass is 366 g/mol. The number of hydrogen-bond donors (Lipinski definition) is 1. The summed E-state index contributed by atoms with van der Waals surface area (Å²) in [6, 6.07) is 28.0. The predicted molar refractivity (Wildman–Crippen MR) is 114 cm³/mol. The Balaban J connectivity index is 1.70. The van der Waals surface area contributed by atoms with E-state index in [9.17, 15) is 4.79 Å². The van der Waals surface area contributed by atoms with Crippen molar-refractivity contribution in [2.24, 2.45) is 0 Å². The van der Waals surface area contributed by atoms with E-state index < -0.39 is 0 Å². The lowest BCUT2D eigenvalue weighted by Gasteiger charge is -2.11. The van der Waals surface area contributed by atoms with Crippen LogP contribution in [0.5, 0.6) is 0 Å². The SMILES string of the molecule is CCc1ccc(-c2cc(C(=O)NCc3ccccc3)c3ccccc3n2)cc1. The number of fused-ring (bicyclic) bond motifs is 1. The summed E-state index contributed by atoms with van der Waals surface area (Å²) in [6.07, 6.45) is 0.999. The molecule has 1 aromatic heterocycles. The standard InChI is InChI=1S/C25H22N2O/c1-2-18-12-14-20(15-13-18)24-16-22(21-10-6-7-11-23(21)27-24)25(28)26-17-19-8-4-3-5-9-19/h3-16H,2,17H2,1H3,(H,26,28). The molecule has 0 radical (unpaired) electrons. The summed E-state index contributed by atoms with van der Waals surface area (Å²) in [5, 5.41) is 3.90. The van der Waals surface area contributed by atoms with E-state index in [1.807, 2.05) is 60.7 Å². The van der Waals surface area contributed by atoms with Gasteiger partial charge in [0.05, 0.1) is 16.8 Å². The molecule has 0 aliphatic rings. The zero-order valence-electron chi connectivity index (χ0n) is 15.9. The van der Waals surface area contributed by atoms with Crippen LogP contribution in [0.2, 0.25) is 0 Å². The number of pyridine rings is 1. The molecule has 3 aromatic carbocycles. The molecule has 4 rings (SSSR count). The number of para-hydroxylation sites is 1. The minimum absolute atomic E-state index is 0.0890. The van der Waals surface area contributed by atoms with E-state index in [1.54, 1.807) is 0 Å². The summed E-state index contributed by atoms with van der Waals surface area (Å²) in [5.41, 5.74) is 5.65. The molecule has 0 aliphatic carbocycles. The van der Waals surface area contributed by atoms with Gasteiger partial charge in [0.25, 0.3) is 5.91 Å². The number of nitrogens with zero attached hydrogens (tertiary/aromatic N) is 1. The summed E-state index contributed by atoms with van der Waals surface area (Å²) >= 11 is 0. The smallest absolute Gasteiger partial charge is 0.252 e. The second kappa shape index (κ2) is 8.05. The van der Waals surface area contributed by atoms with Crippen molar-refractivity contribution in [2.45, 2.75) is 19.9 Å². The van der Waals surface area contributed by atoms with Gasteiger partial charge in [0.2, 0.25) is 0 Å². The Morgan fingerprint density at radius 2 is 1.57 bits per heavy atom. The number of amides is 1. The van der Waals surface area contributed by atoms with Gasteiger partial charge < -0.3 is 5.32 Å². The molecular weight excluding hydrogens is 344 g/mol. The molecule has 0 unspecified atom stereocenters. The van der Waals surface area contributed by atoms with E-state index >= 15 is 0 Å². The van der Waals surface area contributed by atoms with Crippen LogP contribution in [0.3, 0.4) is 0 Å². The average molecular weight is 366 g/mol. The first kappa shape index (κ1) is 17.9. The van der Waals surface area contributed by atoms with Crippen molar-refractivity contribution in [3.8, 4) is 11.3 Å². The van der Waals surface area contributed by atoms with E-state index in [0.717, 1.165) is 34.1 Å². The van der Waals surface area contributed by atoms with Gasteiger partial charge in [-0.05, 0) is 29.7 Å². The molecule has 0 saturated heterocycles. The highest BCUT2D eigenvalue weighted by Crippen LogP contribution is 2.25. The topological polar surface area (TPSA) is 42.0 Å². The summed E-state index contributed by atoms with van der Waals surface area (Å²) in [5.74, 6) is -0.0890. The second-order valence-electron chi connectivity index (χ2n) is 6.79. The molecule has 0 fully saturated rings. The number of nitrogens with one attached hydrogen (secondary N) is 1. The Morgan fingerprint density at radius 1 is 0.857 bits per heavy atom.